The number of hydrogen-bond donors (Lipinski definition) is 0. The third kappa shape index (κ3) is 2.81. The fourth-order valence-corrected chi connectivity index (χ4v) is 4.32. The molecule has 0 spiro atoms. The van der Waals surface area contributed by atoms with Gasteiger partial charge in [-0.3, -0.25) is 14.7 Å². The Morgan fingerprint density at radius 2 is 1.87 bits per heavy atom. The van der Waals surface area contributed by atoms with Gasteiger partial charge < -0.3 is 19.1 Å². The Hall–Kier alpha value is -3.48. The van der Waals surface area contributed by atoms with E-state index < -0.39 is 0 Å². The number of nitrogens with zero attached hydrogens (tertiary/aromatic N) is 3. The van der Waals surface area contributed by atoms with Gasteiger partial charge >= 0.3 is 0 Å². The molecule has 0 aromatic heterocycles. The lowest BCUT2D eigenvalue weighted by Gasteiger charge is -2.28. The van der Waals surface area contributed by atoms with E-state index in [1.807, 2.05) is 66.2 Å². The van der Waals surface area contributed by atoms with Crippen LogP contribution < -0.4 is 19.1 Å². The van der Waals surface area contributed by atoms with Gasteiger partial charge in [-0.15, -0.1) is 0 Å². The van der Waals surface area contributed by atoms with Crippen LogP contribution in [0.15, 0.2) is 58.7 Å². The molecule has 3 heterocycles. The van der Waals surface area contributed by atoms with Gasteiger partial charge in [-0.25, -0.2) is 0 Å². The number of hydrogen-bond acceptors (Lipinski definition) is 6. The maximum Gasteiger partial charge on any atom is 0.275 e. The Bertz CT molecular complexity index is 1070. The minimum atomic E-state index is -0.306. The first-order chi connectivity index (χ1) is 14.6. The molecule has 30 heavy (non-hydrogen) atoms. The number of carbonyl (C=O) groups is 1. The number of benzene rings is 2. The normalized spacial score (nSPS) is 20.3. The Kier molecular flexibility index (Phi) is 4.38. The van der Waals surface area contributed by atoms with E-state index in [0.29, 0.717) is 24.5 Å². The number of likely N-dealkylation sites (N-methyl/N-ethyl adjacent to an activating group) is 1. The van der Waals surface area contributed by atoms with Crippen molar-refractivity contribution in [3.63, 3.8) is 0 Å². The molecular weight excluding hydrogens is 382 g/mol. The minimum Gasteiger partial charge on any atom is -0.497 e. The van der Waals surface area contributed by atoms with Crippen molar-refractivity contribution in [3.8, 4) is 17.2 Å². The van der Waals surface area contributed by atoms with Crippen LogP contribution in [-0.2, 0) is 4.79 Å². The van der Waals surface area contributed by atoms with Crippen molar-refractivity contribution < 1.29 is 19.0 Å². The van der Waals surface area contributed by atoms with E-state index in [1.54, 1.807) is 7.11 Å². The lowest BCUT2D eigenvalue weighted by atomic mass is 9.95. The van der Waals surface area contributed by atoms with Crippen molar-refractivity contribution in [3.05, 3.63) is 59.3 Å². The molecule has 0 bridgehead atoms. The first-order valence-electron chi connectivity index (χ1n) is 9.92. The van der Waals surface area contributed by atoms with E-state index in [9.17, 15) is 4.79 Å². The first kappa shape index (κ1) is 18.5. The van der Waals surface area contributed by atoms with Crippen LogP contribution in [0.4, 0.5) is 5.69 Å². The van der Waals surface area contributed by atoms with Gasteiger partial charge in [0.25, 0.3) is 5.91 Å². The number of carbonyl (C=O) groups excluding carboxylic acids is 1. The van der Waals surface area contributed by atoms with Crippen molar-refractivity contribution >= 4 is 17.3 Å². The van der Waals surface area contributed by atoms with Gasteiger partial charge in [0, 0.05) is 30.6 Å². The fraction of sp³-hybridized carbons (Fsp3) is 0.304. The fourth-order valence-electron chi connectivity index (χ4n) is 4.32. The number of ether oxygens (including phenoxy) is 3. The highest BCUT2D eigenvalue weighted by molar-refractivity contribution is 6.18. The molecule has 0 fully saturated rings. The summed E-state index contributed by atoms with van der Waals surface area (Å²) in [6.45, 7) is 3.56. The zero-order valence-corrected chi connectivity index (χ0v) is 17.2. The summed E-state index contributed by atoms with van der Waals surface area (Å²) in [7, 11) is 3.58. The zero-order valence-electron chi connectivity index (χ0n) is 17.2. The van der Waals surface area contributed by atoms with Crippen LogP contribution in [0.25, 0.3) is 0 Å². The Morgan fingerprint density at radius 3 is 2.63 bits per heavy atom. The number of amides is 1. The largest absolute Gasteiger partial charge is 0.497 e. The Balaban J connectivity index is 1.68. The summed E-state index contributed by atoms with van der Waals surface area (Å²) in [6.07, 6.45) is 0. The molecule has 154 valence electrons. The van der Waals surface area contributed by atoms with Crippen LogP contribution in [0.2, 0.25) is 0 Å². The maximum atomic E-state index is 13.7. The number of aliphatic imine (C=N–C) groups is 1. The number of rotatable bonds is 3. The van der Waals surface area contributed by atoms with Crippen molar-refractivity contribution in [1.82, 2.24) is 4.90 Å². The second kappa shape index (κ2) is 7.09. The molecule has 0 aliphatic carbocycles. The van der Waals surface area contributed by atoms with Gasteiger partial charge in [0.1, 0.15) is 11.4 Å². The monoisotopic (exact) mass is 405 g/mol. The van der Waals surface area contributed by atoms with Crippen LogP contribution in [-0.4, -0.2) is 50.6 Å². The maximum absolute atomic E-state index is 13.7. The van der Waals surface area contributed by atoms with Gasteiger partial charge in [0.15, 0.2) is 11.5 Å². The smallest absolute Gasteiger partial charge is 0.275 e. The molecule has 0 radical (unpaired) electrons. The lowest BCUT2D eigenvalue weighted by Crippen LogP contribution is -2.34. The van der Waals surface area contributed by atoms with E-state index in [2.05, 4.69) is 0 Å². The third-order valence-electron chi connectivity index (χ3n) is 5.83. The summed E-state index contributed by atoms with van der Waals surface area (Å²) >= 11 is 0. The lowest BCUT2D eigenvalue weighted by molar-refractivity contribution is -0.116. The van der Waals surface area contributed by atoms with E-state index in [-0.39, 0.29) is 18.7 Å². The molecule has 5 rings (SSSR count). The van der Waals surface area contributed by atoms with E-state index in [1.165, 1.54) is 0 Å². The molecule has 0 N–H and O–H groups in total. The predicted octanol–water partition coefficient (Wildman–Crippen LogP) is 3.17. The molecule has 7 nitrogen and oxygen atoms in total. The molecule has 3 aliphatic rings. The van der Waals surface area contributed by atoms with Gasteiger partial charge in [0.05, 0.1) is 19.7 Å². The van der Waals surface area contributed by atoms with Crippen molar-refractivity contribution in [2.75, 3.05) is 38.9 Å². The van der Waals surface area contributed by atoms with Crippen molar-refractivity contribution in [1.29, 1.82) is 0 Å². The average Bonchev–Trinajstić information content (AvgIpc) is 3.31. The standard InChI is InChI=1S/C23H23N3O4/c1-14-20-21(15-4-9-18-19(12-15)30-13-29-18)26(16-5-7-17(28-3)8-6-16)23(27)22(20)25(2)11-10-24-14/h4-9,12,21H,10-11,13H2,1-3H3. The second-order valence-electron chi connectivity index (χ2n) is 7.54. The van der Waals surface area contributed by atoms with E-state index in [0.717, 1.165) is 34.0 Å². The molecule has 0 saturated heterocycles. The minimum absolute atomic E-state index is 0.0308. The number of methoxy groups -OCH3 is 1. The number of fused-ring (bicyclic) bond motifs is 1. The molecule has 0 saturated carbocycles. The molecule has 1 atom stereocenters. The quantitative estimate of drug-likeness (QED) is 0.785. The highest BCUT2D eigenvalue weighted by Crippen LogP contribution is 2.45. The molecule has 1 amide bonds. The molecule has 1 unspecified atom stereocenters. The molecule has 2 aromatic rings. The SMILES string of the molecule is COc1ccc(N2C(=O)C3=C(C(C)=NCCN3C)C2c2ccc3c(c2)OCO3)cc1. The highest BCUT2D eigenvalue weighted by atomic mass is 16.7. The molecule has 3 aliphatic heterocycles. The summed E-state index contributed by atoms with van der Waals surface area (Å²) in [5.74, 6) is 2.13. The first-order valence-corrected chi connectivity index (χ1v) is 9.92. The van der Waals surface area contributed by atoms with Gasteiger partial charge in [0.2, 0.25) is 6.79 Å². The Morgan fingerprint density at radius 1 is 1.10 bits per heavy atom. The van der Waals surface area contributed by atoms with Crippen LogP contribution in [0.5, 0.6) is 17.2 Å². The van der Waals surface area contributed by atoms with Crippen LogP contribution in [0.3, 0.4) is 0 Å². The summed E-state index contributed by atoms with van der Waals surface area (Å²) in [5.41, 5.74) is 4.29. The predicted molar refractivity (Wildman–Crippen MR) is 113 cm³/mol. The van der Waals surface area contributed by atoms with Gasteiger partial charge in [-0.1, -0.05) is 6.07 Å². The molecular formula is C23H23N3O4. The summed E-state index contributed by atoms with van der Waals surface area (Å²) < 4.78 is 16.4. The number of anilines is 1. The van der Waals surface area contributed by atoms with Crippen LogP contribution >= 0.6 is 0 Å². The van der Waals surface area contributed by atoms with Gasteiger partial charge in [-0.05, 0) is 48.9 Å². The third-order valence-corrected chi connectivity index (χ3v) is 5.83. The summed E-state index contributed by atoms with van der Waals surface area (Å²) in [4.78, 5) is 22.3. The summed E-state index contributed by atoms with van der Waals surface area (Å²) in [6, 6.07) is 13.1. The summed E-state index contributed by atoms with van der Waals surface area (Å²) in [5, 5.41) is 0. The van der Waals surface area contributed by atoms with Crippen LogP contribution in [0.1, 0.15) is 18.5 Å². The van der Waals surface area contributed by atoms with Crippen molar-refractivity contribution in [2.24, 2.45) is 4.99 Å². The van der Waals surface area contributed by atoms with E-state index in [4.69, 9.17) is 19.2 Å². The van der Waals surface area contributed by atoms with E-state index >= 15 is 0 Å². The van der Waals surface area contributed by atoms with Crippen molar-refractivity contribution in [2.45, 2.75) is 13.0 Å². The molecule has 2 aromatic carbocycles. The Labute approximate surface area is 175 Å². The second-order valence-corrected chi connectivity index (χ2v) is 7.54. The van der Waals surface area contributed by atoms with Gasteiger partial charge in [-0.2, -0.15) is 0 Å². The highest BCUT2D eigenvalue weighted by Gasteiger charge is 2.44. The van der Waals surface area contributed by atoms with Crippen LogP contribution in [0, 0.1) is 0 Å². The molecule has 7 heteroatoms. The zero-order chi connectivity index (χ0) is 20.8. The topological polar surface area (TPSA) is 63.6 Å². The average molecular weight is 405 g/mol.